The first-order chi connectivity index (χ1) is 12.8. The van der Waals surface area contributed by atoms with Crippen molar-refractivity contribution in [1.29, 1.82) is 0 Å². The number of amides is 1. The van der Waals surface area contributed by atoms with Gasteiger partial charge in [-0.15, -0.1) is 0 Å². The van der Waals surface area contributed by atoms with Crippen molar-refractivity contribution in [2.75, 3.05) is 7.11 Å². The molecule has 0 bridgehead atoms. The highest BCUT2D eigenvalue weighted by atomic mass is 32.2. The summed E-state index contributed by atoms with van der Waals surface area (Å²) in [5.41, 5.74) is 2.92. The number of hydrogen-bond donors (Lipinski definition) is 1. The van der Waals surface area contributed by atoms with Crippen LogP contribution in [0.4, 0.5) is 0 Å². The average Bonchev–Trinajstić information content (AvgIpc) is 2.66. The van der Waals surface area contributed by atoms with Crippen LogP contribution in [-0.4, -0.2) is 27.4 Å². The third-order valence-electron chi connectivity index (χ3n) is 4.40. The molecule has 2 aromatic rings. The molecule has 3 rings (SSSR count). The first kappa shape index (κ1) is 18.8. The van der Waals surface area contributed by atoms with E-state index in [1.54, 1.807) is 19.1 Å². The van der Waals surface area contributed by atoms with Gasteiger partial charge in [-0.25, -0.2) is 17.9 Å². The minimum absolute atomic E-state index is 0.0654. The highest BCUT2D eigenvalue weighted by molar-refractivity contribution is 7.90. The van der Waals surface area contributed by atoms with Gasteiger partial charge in [0.25, 0.3) is 15.9 Å². The molecule has 2 aromatic carbocycles. The molecule has 1 N–H and O–H groups in total. The van der Waals surface area contributed by atoms with E-state index in [1.807, 2.05) is 12.1 Å². The van der Waals surface area contributed by atoms with Gasteiger partial charge in [-0.3, -0.25) is 4.79 Å². The lowest BCUT2D eigenvalue weighted by Crippen LogP contribution is -2.31. The maximum absolute atomic E-state index is 12.6. The molecular weight excluding hydrogens is 366 g/mol. The number of aryl methyl sites for hydroxylation is 2. The highest BCUT2D eigenvalue weighted by Crippen LogP contribution is 2.21. The van der Waals surface area contributed by atoms with Crippen molar-refractivity contribution in [3.63, 3.8) is 0 Å². The number of hydrogen-bond acceptors (Lipinski definition) is 5. The van der Waals surface area contributed by atoms with Crippen molar-refractivity contribution >= 4 is 28.0 Å². The van der Waals surface area contributed by atoms with Gasteiger partial charge >= 0.3 is 5.97 Å². The van der Waals surface area contributed by atoms with Gasteiger partial charge in [-0.05, 0) is 66.8 Å². The monoisotopic (exact) mass is 385 g/mol. The van der Waals surface area contributed by atoms with Crippen molar-refractivity contribution in [2.45, 2.75) is 24.7 Å². The van der Waals surface area contributed by atoms with Gasteiger partial charge in [-0.2, -0.15) is 0 Å². The fourth-order valence-corrected chi connectivity index (χ4v) is 4.21. The van der Waals surface area contributed by atoms with Crippen LogP contribution in [0.1, 0.15) is 43.8 Å². The van der Waals surface area contributed by atoms with E-state index in [9.17, 15) is 18.0 Å². The van der Waals surface area contributed by atoms with Crippen LogP contribution >= 0.6 is 0 Å². The Kier molecular flexibility index (Phi) is 5.14. The van der Waals surface area contributed by atoms with Gasteiger partial charge in [-0.1, -0.05) is 18.2 Å². The molecule has 7 heteroatoms. The number of methoxy groups -OCH3 is 1. The Balaban J connectivity index is 1.85. The van der Waals surface area contributed by atoms with Gasteiger partial charge in [0.2, 0.25) is 0 Å². The predicted octanol–water partition coefficient (Wildman–Crippen LogP) is 2.86. The molecule has 27 heavy (non-hydrogen) atoms. The quantitative estimate of drug-likeness (QED) is 0.818. The summed E-state index contributed by atoms with van der Waals surface area (Å²) in [6.07, 6.45) is 5.76. The maximum Gasteiger partial charge on any atom is 0.337 e. The molecule has 0 heterocycles. The molecule has 0 atom stereocenters. The van der Waals surface area contributed by atoms with E-state index in [2.05, 4.69) is 15.5 Å². The molecule has 0 spiro atoms. The van der Waals surface area contributed by atoms with E-state index < -0.39 is 21.9 Å². The standard InChI is InChI=1S/C20H19NO5S/c1-13-11-17(20(23)26-2)9-10-18(13)27(24,25)21-19(22)16-8-7-14-5-3-4-6-15(14)12-16/h3,5,7-12H,4,6H2,1-2H3,(H,21,22). The van der Waals surface area contributed by atoms with Gasteiger partial charge in [0.15, 0.2) is 0 Å². The number of sulfonamides is 1. The van der Waals surface area contributed by atoms with Crippen LogP contribution in [-0.2, 0) is 21.2 Å². The molecule has 0 aromatic heterocycles. The van der Waals surface area contributed by atoms with Crippen LogP contribution in [0.2, 0.25) is 0 Å². The number of esters is 1. The summed E-state index contributed by atoms with van der Waals surface area (Å²) in [6, 6.07) is 9.18. The Morgan fingerprint density at radius 2 is 1.81 bits per heavy atom. The van der Waals surface area contributed by atoms with Crippen LogP contribution in [0.3, 0.4) is 0 Å². The molecule has 0 fully saturated rings. The lowest BCUT2D eigenvalue weighted by molar-refractivity contribution is 0.0600. The Hall–Kier alpha value is -2.93. The topological polar surface area (TPSA) is 89.5 Å². The Labute approximate surface area is 157 Å². The first-order valence-electron chi connectivity index (χ1n) is 8.37. The zero-order valence-corrected chi connectivity index (χ0v) is 15.8. The second-order valence-electron chi connectivity index (χ2n) is 6.26. The summed E-state index contributed by atoms with van der Waals surface area (Å²) >= 11 is 0. The van der Waals surface area contributed by atoms with E-state index in [0.717, 1.165) is 24.0 Å². The van der Waals surface area contributed by atoms with Crippen molar-refractivity contribution < 1.29 is 22.7 Å². The van der Waals surface area contributed by atoms with E-state index in [1.165, 1.54) is 25.3 Å². The fourth-order valence-electron chi connectivity index (χ4n) is 3.01. The molecule has 0 radical (unpaired) electrons. The minimum Gasteiger partial charge on any atom is -0.465 e. The number of allylic oxidation sites excluding steroid dienone is 1. The van der Waals surface area contributed by atoms with Crippen molar-refractivity contribution in [2.24, 2.45) is 0 Å². The van der Waals surface area contributed by atoms with Crippen LogP contribution in [0.5, 0.6) is 0 Å². The molecule has 0 aliphatic heterocycles. The summed E-state index contributed by atoms with van der Waals surface area (Å²) < 4.78 is 32.0. The number of benzene rings is 2. The molecule has 0 saturated carbocycles. The summed E-state index contributed by atoms with van der Waals surface area (Å²) in [5.74, 6) is -1.25. The van der Waals surface area contributed by atoms with Gasteiger partial charge in [0, 0.05) is 5.56 Å². The van der Waals surface area contributed by atoms with Crippen molar-refractivity contribution in [3.05, 3.63) is 70.3 Å². The summed E-state index contributed by atoms with van der Waals surface area (Å²) in [6.45, 7) is 1.55. The van der Waals surface area contributed by atoms with Crippen molar-refractivity contribution in [3.8, 4) is 0 Å². The zero-order chi connectivity index (χ0) is 19.6. The van der Waals surface area contributed by atoms with E-state index >= 15 is 0 Å². The van der Waals surface area contributed by atoms with E-state index in [4.69, 9.17) is 0 Å². The summed E-state index contributed by atoms with van der Waals surface area (Å²) in [4.78, 5) is 24.0. The van der Waals surface area contributed by atoms with Crippen molar-refractivity contribution in [1.82, 2.24) is 4.72 Å². The smallest absolute Gasteiger partial charge is 0.337 e. The van der Waals surface area contributed by atoms with E-state index in [-0.39, 0.29) is 16.0 Å². The van der Waals surface area contributed by atoms with E-state index in [0.29, 0.717) is 5.56 Å². The average molecular weight is 385 g/mol. The molecule has 1 amide bonds. The second-order valence-corrected chi connectivity index (χ2v) is 7.91. The van der Waals surface area contributed by atoms with Crippen LogP contribution in [0.15, 0.2) is 47.4 Å². The Morgan fingerprint density at radius 1 is 1.07 bits per heavy atom. The lowest BCUT2D eigenvalue weighted by Gasteiger charge is -2.13. The molecule has 6 nitrogen and oxygen atoms in total. The zero-order valence-electron chi connectivity index (χ0n) is 15.0. The van der Waals surface area contributed by atoms with Crippen LogP contribution < -0.4 is 4.72 Å². The second kappa shape index (κ2) is 7.36. The lowest BCUT2D eigenvalue weighted by atomic mass is 9.95. The SMILES string of the molecule is COC(=O)c1ccc(S(=O)(=O)NC(=O)c2ccc3c(c2)CCC=C3)c(C)c1. The minimum atomic E-state index is -4.07. The molecule has 1 aliphatic rings. The normalized spacial score (nSPS) is 13.0. The number of rotatable bonds is 4. The van der Waals surface area contributed by atoms with Crippen LogP contribution in [0.25, 0.3) is 6.08 Å². The molecule has 0 unspecified atom stereocenters. The van der Waals surface area contributed by atoms with Gasteiger partial charge in [0.1, 0.15) is 0 Å². The Morgan fingerprint density at radius 3 is 2.52 bits per heavy atom. The molecule has 1 aliphatic carbocycles. The third kappa shape index (κ3) is 3.93. The Bertz CT molecular complexity index is 1050. The molecule has 140 valence electrons. The summed E-state index contributed by atoms with van der Waals surface area (Å²) in [5, 5.41) is 0. The number of carbonyl (C=O) groups excluding carboxylic acids is 2. The third-order valence-corrected chi connectivity index (χ3v) is 5.89. The van der Waals surface area contributed by atoms with Gasteiger partial charge in [0.05, 0.1) is 17.6 Å². The fraction of sp³-hybridized carbons (Fsp3) is 0.200. The molecule has 0 saturated heterocycles. The largest absolute Gasteiger partial charge is 0.465 e. The molecular formula is C20H19NO5S. The first-order valence-corrected chi connectivity index (χ1v) is 9.86. The maximum atomic E-state index is 12.6. The highest BCUT2D eigenvalue weighted by Gasteiger charge is 2.22. The number of carbonyl (C=O) groups is 2. The number of nitrogens with one attached hydrogen (secondary N) is 1. The number of fused-ring (bicyclic) bond motifs is 1. The van der Waals surface area contributed by atoms with Crippen LogP contribution in [0, 0.1) is 6.92 Å². The summed E-state index contributed by atoms with van der Waals surface area (Å²) in [7, 11) is -2.83. The number of ether oxygens (including phenoxy) is 1. The van der Waals surface area contributed by atoms with Gasteiger partial charge < -0.3 is 4.74 Å². The predicted molar refractivity (Wildman–Crippen MR) is 101 cm³/mol.